The molecular weight excluding hydrogens is 342 g/mol. The SMILES string of the molecule is Cc1noc(C)c1C(=O)OCC(=O)c1cc(C)n(-c2nccs2)c1C. The molecule has 0 amide bonds. The molecule has 130 valence electrons. The summed E-state index contributed by atoms with van der Waals surface area (Å²) in [6.45, 7) is 6.68. The molecule has 3 aromatic heterocycles. The Morgan fingerprint density at radius 3 is 2.64 bits per heavy atom. The number of Topliss-reactive ketones (excluding diaryl/α,β-unsaturated/α-hetero) is 1. The highest BCUT2D eigenvalue weighted by molar-refractivity contribution is 7.12. The molecule has 0 unspecified atom stereocenters. The molecule has 0 atom stereocenters. The summed E-state index contributed by atoms with van der Waals surface area (Å²) in [7, 11) is 0. The van der Waals surface area contributed by atoms with E-state index in [1.807, 2.05) is 23.8 Å². The first kappa shape index (κ1) is 17.1. The van der Waals surface area contributed by atoms with Crippen molar-refractivity contribution < 1.29 is 18.8 Å². The maximum Gasteiger partial charge on any atom is 0.344 e. The van der Waals surface area contributed by atoms with E-state index < -0.39 is 5.97 Å². The summed E-state index contributed by atoms with van der Waals surface area (Å²) >= 11 is 1.49. The van der Waals surface area contributed by atoms with E-state index >= 15 is 0 Å². The number of ketones is 1. The Bertz CT molecular complexity index is 918. The number of aromatic nitrogens is 3. The van der Waals surface area contributed by atoms with Gasteiger partial charge >= 0.3 is 5.97 Å². The summed E-state index contributed by atoms with van der Waals surface area (Å²) in [5.41, 5.74) is 2.89. The minimum absolute atomic E-state index is 0.265. The smallest absolute Gasteiger partial charge is 0.344 e. The van der Waals surface area contributed by atoms with E-state index in [2.05, 4.69) is 10.1 Å². The van der Waals surface area contributed by atoms with Gasteiger partial charge in [0.25, 0.3) is 0 Å². The number of esters is 1. The fourth-order valence-corrected chi connectivity index (χ4v) is 3.47. The zero-order chi connectivity index (χ0) is 18.1. The number of ether oxygens (including phenoxy) is 1. The van der Waals surface area contributed by atoms with Crippen molar-refractivity contribution >= 4 is 23.1 Å². The second kappa shape index (κ2) is 6.64. The van der Waals surface area contributed by atoms with Crippen LogP contribution in [-0.2, 0) is 4.74 Å². The molecule has 3 rings (SSSR count). The lowest BCUT2D eigenvalue weighted by atomic mass is 10.1. The Morgan fingerprint density at radius 1 is 1.28 bits per heavy atom. The van der Waals surface area contributed by atoms with Crippen LogP contribution in [0.15, 0.2) is 22.2 Å². The number of carbonyl (C=O) groups excluding carboxylic acids is 2. The second-order valence-corrected chi connectivity index (χ2v) is 6.51. The van der Waals surface area contributed by atoms with Crippen LogP contribution in [0.5, 0.6) is 0 Å². The van der Waals surface area contributed by atoms with Crippen molar-refractivity contribution in [1.29, 1.82) is 0 Å². The van der Waals surface area contributed by atoms with Crippen LogP contribution < -0.4 is 0 Å². The molecule has 0 aliphatic rings. The van der Waals surface area contributed by atoms with E-state index in [0.717, 1.165) is 16.5 Å². The lowest BCUT2D eigenvalue weighted by Gasteiger charge is -2.06. The van der Waals surface area contributed by atoms with E-state index in [4.69, 9.17) is 9.26 Å². The normalized spacial score (nSPS) is 10.9. The van der Waals surface area contributed by atoms with Gasteiger partial charge in [0.05, 0.1) is 5.69 Å². The molecule has 0 fully saturated rings. The summed E-state index contributed by atoms with van der Waals surface area (Å²) in [6.07, 6.45) is 1.71. The summed E-state index contributed by atoms with van der Waals surface area (Å²) in [5.74, 6) is -0.508. The predicted octanol–water partition coefficient (Wildman–Crippen LogP) is 3.20. The van der Waals surface area contributed by atoms with Crippen molar-refractivity contribution in [2.24, 2.45) is 0 Å². The average Bonchev–Trinajstić information content (AvgIpc) is 3.26. The van der Waals surface area contributed by atoms with E-state index in [-0.39, 0.29) is 18.0 Å². The molecule has 0 bridgehead atoms. The summed E-state index contributed by atoms with van der Waals surface area (Å²) in [5, 5.41) is 6.38. The number of thiazole rings is 1. The molecule has 25 heavy (non-hydrogen) atoms. The van der Waals surface area contributed by atoms with Crippen LogP contribution in [0.3, 0.4) is 0 Å². The van der Waals surface area contributed by atoms with Gasteiger partial charge in [-0.15, -0.1) is 11.3 Å². The van der Waals surface area contributed by atoms with Gasteiger partial charge in [-0.2, -0.15) is 0 Å². The second-order valence-electron chi connectivity index (χ2n) is 5.63. The highest BCUT2D eigenvalue weighted by Crippen LogP contribution is 2.23. The molecule has 8 heteroatoms. The van der Waals surface area contributed by atoms with Crippen LogP contribution in [0.25, 0.3) is 5.13 Å². The van der Waals surface area contributed by atoms with Crippen LogP contribution in [0.2, 0.25) is 0 Å². The van der Waals surface area contributed by atoms with Crippen LogP contribution in [0, 0.1) is 27.7 Å². The molecule has 0 radical (unpaired) electrons. The van der Waals surface area contributed by atoms with Gasteiger partial charge in [0.15, 0.2) is 11.7 Å². The Morgan fingerprint density at radius 2 is 2.04 bits per heavy atom. The molecule has 0 spiro atoms. The third kappa shape index (κ3) is 3.12. The number of hydrogen-bond donors (Lipinski definition) is 0. The van der Waals surface area contributed by atoms with Gasteiger partial charge in [0.1, 0.15) is 11.3 Å². The monoisotopic (exact) mass is 359 g/mol. The number of carbonyl (C=O) groups is 2. The third-order valence-electron chi connectivity index (χ3n) is 3.91. The molecule has 0 N–H and O–H groups in total. The van der Waals surface area contributed by atoms with Gasteiger partial charge in [-0.05, 0) is 33.8 Å². The van der Waals surface area contributed by atoms with Crippen LogP contribution in [0.1, 0.15) is 43.6 Å². The van der Waals surface area contributed by atoms with Gasteiger partial charge in [-0.3, -0.25) is 9.36 Å². The predicted molar refractivity (Wildman–Crippen MR) is 91.5 cm³/mol. The van der Waals surface area contributed by atoms with Crippen molar-refractivity contribution in [2.75, 3.05) is 6.61 Å². The maximum atomic E-state index is 12.5. The number of nitrogens with zero attached hydrogens (tertiary/aromatic N) is 3. The molecule has 7 nitrogen and oxygen atoms in total. The fourth-order valence-electron chi connectivity index (χ4n) is 2.72. The van der Waals surface area contributed by atoms with Gasteiger partial charge in [0, 0.05) is 28.5 Å². The van der Waals surface area contributed by atoms with Crippen molar-refractivity contribution in [3.8, 4) is 5.13 Å². The zero-order valence-corrected chi connectivity index (χ0v) is 15.1. The minimum Gasteiger partial charge on any atom is -0.454 e. The molecular formula is C17H17N3O4S. The van der Waals surface area contributed by atoms with Crippen molar-refractivity contribution in [3.05, 3.63) is 51.6 Å². The molecule has 0 aromatic carbocycles. The van der Waals surface area contributed by atoms with Gasteiger partial charge in [0.2, 0.25) is 5.78 Å². The van der Waals surface area contributed by atoms with Crippen molar-refractivity contribution in [3.63, 3.8) is 0 Å². The van der Waals surface area contributed by atoms with Gasteiger partial charge in [-0.1, -0.05) is 5.16 Å². The maximum absolute atomic E-state index is 12.5. The third-order valence-corrected chi connectivity index (χ3v) is 4.67. The van der Waals surface area contributed by atoms with Crippen molar-refractivity contribution in [2.45, 2.75) is 27.7 Å². The number of aryl methyl sites for hydroxylation is 3. The average molecular weight is 359 g/mol. The Balaban J connectivity index is 1.76. The molecule has 0 saturated heterocycles. The Labute approximate surface area is 148 Å². The van der Waals surface area contributed by atoms with Gasteiger partial charge < -0.3 is 9.26 Å². The van der Waals surface area contributed by atoms with E-state index in [1.54, 1.807) is 26.1 Å². The molecule has 3 heterocycles. The van der Waals surface area contributed by atoms with Crippen LogP contribution >= 0.6 is 11.3 Å². The quantitative estimate of drug-likeness (QED) is 0.513. The molecule has 3 aromatic rings. The largest absolute Gasteiger partial charge is 0.454 e. The van der Waals surface area contributed by atoms with E-state index in [9.17, 15) is 9.59 Å². The Hall–Kier alpha value is -2.74. The van der Waals surface area contributed by atoms with Gasteiger partial charge in [-0.25, -0.2) is 9.78 Å². The Kier molecular flexibility index (Phi) is 4.54. The van der Waals surface area contributed by atoms with Crippen molar-refractivity contribution in [1.82, 2.24) is 14.7 Å². The van der Waals surface area contributed by atoms with E-state index in [1.165, 1.54) is 11.3 Å². The number of rotatable bonds is 5. The minimum atomic E-state index is -0.613. The standard InChI is InChI=1S/C17H17N3O4S/c1-9-7-13(11(3)20(9)17-18-5-6-25-17)14(21)8-23-16(22)15-10(2)19-24-12(15)4/h5-7H,8H2,1-4H3. The highest BCUT2D eigenvalue weighted by Gasteiger charge is 2.22. The highest BCUT2D eigenvalue weighted by atomic mass is 32.1. The first-order valence-electron chi connectivity index (χ1n) is 7.62. The topological polar surface area (TPSA) is 87.2 Å². The molecule has 0 aliphatic carbocycles. The molecule has 0 aliphatic heterocycles. The lowest BCUT2D eigenvalue weighted by Crippen LogP contribution is -2.16. The van der Waals surface area contributed by atoms with Crippen LogP contribution in [-0.4, -0.2) is 33.1 Å². The summed E-state index contributed by atoms with van der Waals surface area (Å²) in [4.78, 5) is 28.9. The summed E-state index contributed by atoms with van der Waals surface area (Å²) < 4.78 is 12.0. The number of hydrogen-bond acceptors (Lipinski definition) is 7. The molecule has 0 saturated carbocycles. The zero-order valence-electron chi connectivity index (χ0n) is 14.3. The lowest BCUT2D eigenvalue weighted by molar-refractivity contribution is 0.0472. The fraction of sp³-hybridized carbons (Fsp3) is 0.294. The van der Waals surface area contributed by atoms with E-state index in [0.29, 0.717) is 17.0 Å². The first-order valence-corrected chi connectivity index (χ1v) is 8.50. The summed E-state index contributed by atoms with van der Waals surface area (Å²) in [6, 6.07) is 1.78. The van der Waals surface area contributed by atoms with Crippen LogP contribution in [0.4, 0.5) is 0 Å². The first-order chi connectivity index (χ1) is 11.9.